The van der Waals surface area contributed by atoms with Crippen LogP contribution in [0.4, 0.5) is 15.0 Å². The lowest BCUT2D eigenvalue weighted by atomic mass is 10.1. The van der Waals surface area contributed by atoms with Gasteiger partial charge < -0.3 is 15.4 Å². The van der Waals surface area contributed by atoms with Crippen LogP contribution in [0.5, 0.6) is 0 Å². The number of aromatic nitrogens is 3. The molecular weight excluding hydrogens is 409 g/mol. The fourth-order valence-electron chi connectivity index (χ4n) is 3.79. The fourth-order valence-corrected chi connectivity index (χ4v) is 3.91. The van der Waals surface area contributed by atoms with Crippen molar-refractivity contribution in [3.05, 3.63) is 41.6 Å². The Labute approximate surface area is 178 Å². The van der Waals surface area contributed by atoms with Crippen molar-refractivity contribution in [3.8, 4) is 11.1 Å². The number of nitrogen functional groups attached to an aromatic ring is 1. The first-order valence-electron chi connectivity index (χ1n) is 9.69. The highest BCUT2D eigenvalue weighted by Gasteiger charge is 2.34. The Hall–Kier alpha value is -2.87. The van der Waals surface area contributed by atoms with Gasteiger partial charge in [-0.15, -0.1) is 0 Å². The van der Waals surface area contributed by atoms with Gasteiger partial charge >= 0.3 is 6.09 Å². The molecule has 0 bridgehead atoms. The van der Waals surface area contributed by atoms with Gasteiger partial charge in [0.15, 0.2) is 0 Å². The number of ether oxygens (including phenoxy) is 1. The maximum atomic E-state index is 15.8. The summed E-state index contributed by atoms with van der Waals surface area (Å²) in [5.41, 5.74) is 6.88. The van der Waals surface area contributed by atoms with Crippen LogP contribution in [0.25, 0.3) is 22.2 Å². The van der Waals surface area contributed by atoms with E-state index in [1.165, 1.54) is 10.9 Å². The molecule has 1 fully saturated rings. The molecule has 30 heavy (non-hydrogen) atoms. The van der Waals surface area contributed by atoms with Crippen LogP contribution in [-0.4, -0.2) is 44.2 Å². The molecule has 0 aliphatic carbocycles. The number of benzene rings is 1. The van der Waals surface area contributed by atoms with Gasteiger partial charge in [-0.2, -0.15) is 4.39 Å². The van der Waals surface area contributed by atoms with Crippen LogP contribution in [0.3, 0.4) is 0 Å². The summed E-state index contributed by atoms with van der Waals surface area (Å²) in [5, 5.41) is 1.00. The number of carbonyl (C=O) groups is 1. The van der Waals surface area contributed by atoms with Gasteiger partial charge in [-0.3, -0.25) is 4.57 Å². The molecule has 158 valence electrons. The van der Waals surface area contributed by atoms with E-state index in [1.807, 2.05) is 20.8 Å². The number of nitrogens with zero attached hydrogens (tertiary/aromatic N) is 4. The third kappa shape index (κ3) is 3.67. The summed E-state index contributed by atoms with van der Waals surface area (Å²) in [6.07, 6.45) is 1.48. The van der Waals surface area contributed by atoms with Crippen LogP contribution in [0, 0.1) is 5.95 Å². The summed E-state index contributed by atoms with van der Waals surface area (Å²) in [5.74, 6) is -0.264. The summed E-state index contributed by atoms with van der Waals surface area (Å²) in [6, 6.07) is 6.56. The molecule has 4 rings (SSSR count). The Bertz CT molecular complexity index is 1110. The Morgan fingerprint density at radius 2 is 1.97 bits per heavy atom. The van der Waals surface area contributed by atoms with Gasteiger partial charge in [-0.25, -0.2) is 14.8 Å². The number of hydrogen-bond donors (Lipinski definition) is 1. The molecule has 1 saturated heterocycles. The average Bonchev–Trinajstić information content (AvgIpc) is 3.24. The normalized spacial score (nSPS) is 17.0. The second-order valence-corrected chi connectivity index (χ2v) is 8.81. The third-order valence-electron chi connectivity index (χ3n) is 5.07. The number of likely N-dealkylation sites (tertiary alicyclic amines) is 1. The lowest BCUT2D eigenvalue weighted by Gasteiger charge is -2.24. The van der Waals surface area contributed by atoms with E-state index in [4.69, 9.17) is 22.1 Å². The standard InChI is InChI=1S/C21H23ClFN5O2/c1-21(2,3)30-20(29)27-9-8-14(10-27)28-17(23)15(12-4-6-13(22)7-5-12)16-18(24)25-11-26-19(16)28/h4-7,11,14H,8-10H2,1-3H3,(H2,24,25,26). The minimum Gasteiger partial charge on any atom is -0.444 e. The predicted octanol–water partition coefficient (Wildman–Crippen LogP) is 4.65. The highest BCUT2D eigenvalue weighted by molar-refractivity contribution is 6.30. The molecule has 1 aliphatic rings. The first kappa shape index (κ1) is 20.4. The van der Waals surface area contributed by atoms with E-state index >= 15 is 4.39 Å². The summed E-state index contributed by atoms with van der Waals surface area (Å²) in [6.45, 7) is 6.23. The van der Waals surface area contributed by atoms with Crippen molar-refractivity contribution >= 4 is 34.5 Å². The van der Waals surface area contributed by atoms with E-state index in [0.29, 0.717) is 46.7 Å². The van der Waals surface area contributed by atoms with Gasteiger partial charge in [0.2, 0.25) is 5.95 Å². The van der Waals surface area contributed by atoms with Crippen LogP contribution < -0.4 is 5.73 Å². The number of nitrogens with two attached hydrogens (primary N) is 1. The summed E-state index contributed by atoms with van der Waals surface area (Å²) >= 11 is 5.99. The molecule has 0 saturated carbocycles. The number of amides is 1. The lowest BCUT2D eigenvalue weighted by molar-refractivity contribution is 0.0288. The molecule has 7 nitrogen and oxygen atoms in total. The molecule has 3 heterocycles. The summed E-state index contributed by atoms with van der Waals surface area (Å²) < 4.78 is 22.7. The molecular formula is C21H23ClFN5O2. The number of halogens is 2. The topological polar surface area (TPSA) is 86.3 Å². The van der Waals surface area contributed by atoms with Crippen molar-refractivity contribution in [3.63, 3.8) is 0 Å². The van der Waals surface area contributed by atoms with E-state index < -0.39 is 17.6 Å². The molecule has 9 heteroatoms. The van der Waals surface area contributed by atoms with Crippen LogP contribution in [0.15, 0.2) is 30.6 Å². The van der Waals surface area contributed by atoms with Crippen LogP contribution in [0.1, 0.15) is 33.2 Å². The number of rotatable bonds is 2. The number of anilines is 1. The predicted molar refractivity (Wildman–Crippen MR) is 114 cm³/mol. The summed E-state index contributed by atoms with van der Waals surface area (Å²) in [4.78, 5) is 22.4. The molecule has 3 aromatic rings. The zero-order valence-electron chi connectivity index (χ0n) is 17.0. The van der Waals surface area contributed by atoms with Crippen LogP contribution >= 0.6 is 11.6 Å². The highest BCUT2D eigenvalue weighted by atomic mass is 35.5. The number of fused-ring (bicyclic) bond motifs is 1. The zero-order valence-corrected chi connectivity index (χ0v) is 17.8. The SMILES string of the molecule is CC(C)(C)OC(=O)N1CCC(n2c(F)c(-c3ccc(Cl)cc3)c3c(N)ncnc32)C1. The van der Waals surface area contributed by atoms with E-state index in [9.17, 15) is 4.79 Å². The smallest absolute Gasteiger partial charge is 0.410 e. The van der Waals surface area contributed by atoms with E-state index in [0.717, 1.165) is 0 Å². The maximum Gasteiger partial charge on any atom is 0.410 e. The largest absolute Gasteiger partial charge is 0.444 e. The molecule has 0 radical (unpaired) electrons. The minimum absolute atomic E-state index is 0.199. The van der Waals surface area contributed by atoms with E-state index in [-0.39, 0.29) is 11.9 Å². The van der Waals surface area contributed by atoms with Crippen LogP contribution in [-0.2, 0) is 4.74 Å². The van der Waals surface area contributed by atoms with E-state index in [2.05, 4.69) is 9.97 Å². The van der Waals surface area contributed by atoms with Gasteiger partial charge in [-0.05, 0) is 44.9 Å². The van der Waals surface area contributed by atoms with Gasteiger partial charge in [0.25, 0.3) is 0 Å². The second-order valence-electron chi connectivity index (χ2n) is 8.37. The van der Waals surface area contributed by atoms with Crippen molar-refractivity contribution in [2.75, 3.05) is 18.8 Å². The van der Waals surface area contributed by atoms with Crippen molar-refractivity contribution < 1.29 is 13.9 Å². The molecule has 1 amide bonds. The van der Waals surface area contributed by atoms with Gasteiger partial charge in [-0.1, -0.05) is 23.7 Å². The fraction of sp³-hybridized carbons (Fsp3) is 0.381. The molecule has 1 aliphatic heterocycles. The first-order chi connectivity index (χ1) is 14.2. The highest BCUT2D eigenvalue weighted by Crippen LogP contribution is 2.39. The van der Waals surface area contributed by atoms with Gasteiger partial charge in [0.1, 0.15) is 23.4 Å². The first-order valence-corrected chi connectivity index (χ1v) is 10.1. The molecule has 1 atom stereocenters. The Morgan fingerprint density at radius 3 is 2.63 bits per heavy atom. The van der Waals surface area contributed by atoms with Crippen molar-refractivity contribution in [2.24, 2.45) is 0 Å². The van der Waals surface area contributed by atoms with Crippen molar-refractivity contribution in [1.82, 2.24) is 19.4 Å². The second kappa shape index (κ2) is 7.43. The molecule has 0 spiro atoms. The molecule has 2 N–H and O–H groups in total. The Kier molecular flexibility index (Phi) is 5.05. The number of carbonyl (C=O) groups excluding carboxylic acids is 1. The zero-order chi connectivity index (χ0) is 21.6. The molecule has 2 aromatic heterocycles. The van der Waals surface area contributed by atoms with Crippen molar-refractivity contribution in [1.29, 1.82) is 0 Å². The lowest BCUT2D eigenvalue weighted by Crippen LogP contribution is -2.35. The van der Waals surface area contributed by atoms with E-state index in [1.54, 1.807) is 29.2 Å². The van der Waals surface area contributed by atoms with Crippen molar-refractivity contribution in [2.45, 2.75) is 38.8 Å². The minimum atomic E-state index is -0.593. The van der Waals surface area contributed by atoms with Gasteiger partial charge in [0.05, 0.1) is 11.4 Å². The van der Waals surface area contributed by atoms with Crippen LogP contribution in [0.2, 0.25) is 5.02 Å². The Balaban J connectivity index is 1.76. The summed E-state index contributed by atoms with van der Waals surface area (Å²) in [7, 11) is 0. The third-order valence-corrected chi connectivity index (χ3v) is 5.32. The van der Waals surface area contributed by atoms with Gasteiger partial charge in [0, 0.05) is 23.7 Å². The quantitative estimate of drug-likeness (QED) is 0.638. The Morgan fingerprint density at radius 1 is 1.27 bits per heavy atom. The number of hydrogen-bond acceptors (Lipinski definition) is 5. The maximum absolute atomic E-state index is 15.8. The monoisotopic (exact) mass is 431 g/mol. The molecule has 1 aromatic carbocycles. The molecule has 1 unspecified atom stereocenters. The average molecular weight is 432 g/mol.